The molecule has 2 aromatic rings. The second-order valence-electron chi connectivity index (χ2n) is 7.49. The number of anilines is 2. The lowest BCUT2D eigenvalue weighted by atomic mass is 10.0. The largest absolute Gasteiger partial charge is 0.408 e. The molecule has 6 nitrogen and oxygen atoms in total. The number of alkyl halides is 3. The Labute approximate surface area is 170 Å². The summed E-state index contributed by atoms with van der Waals surface area (Å²) in [6.45, 7) is 3.39. The van der Waals surface area contributed by atoms with Crippen molar-refractivity contribution < 1.29 is 22.3 Å². The van der Waals surface area contributed by atoms with Crippen LogP contribution in [0.25, 0.3) is 0 Å². The van der Waals surface area contributed by atoms with Crippen LogP contribution in [0.2, 0.25) is 0 Å². The summed E-state index contributed by atoms with van der Waals surface area (Å²) >= 11 is 0. The van der Waals surface area contributed by atoms with Crippen molar-refractivity contribution in [2.24, 2.45) is 0 Å². The van der Waals surface area contributed by atoms with Gasteiger partial charge >= 0.3 is 6.18 Å². The Kier molecular flexibility index (Phi) is 5.44. The van der Waals surface area contributed by atoms with E-state index in [0.29, 0.717) is 37.7 Å². The number of morpholine rings is 1. The van der Waals surface area contributed by atoms with Crippen LogP contribution in [0.1, 0.15) is 24.9 Å². The summed E-state index contributed by atoms with van der Waals surface area (Å²) < 4.78 is 62.2. The molecule has 2 unspecified atom stereocenters. The molecule has 0 radical (unpaired) electrons. The quantitative estimate of drug-likeness (QED) is 0.706. The predicted octanol–water partition coefficient (Wildman–Crippen LogP) is 3.12. The monoisotopic (exact) mass is 426 g/mol. The Bertz CT molecular complexity index is 972. The summed E-state index contributed by atoms with van der Waals surface area (Å²) in [5.74, 6) is -0.254. The van der Waals surface area contributed by atoms with E-state index >= 15 is 0 Å². The minimum Gasteiger partial charge on any atom is -0.378 e. The summed E-state index contributed by atoms with van der Waals surface area (Å²) in [6, 6.07) is 4.16. The summed E-state index contributed by atoms with van der Waals surface area (Å²) in [4.78, 5) is 20.1. The van der Waals surface area contributed by atoms with Crippen LogP contribution in [0.4, 0.5) is 29.3 Å². The Hall–Kier alpha value is -2.62. The fraction of sp³-hybridized carbons (Fsp3) is 0.500. The van der Waals surface area contributed by atoms with Crippen molar-refractivity contribution in [1.82, 2.24) is 9.55 Å². The van der Waals surface area contributed by atoms with Gasteiger partial charge in [0.1, 0.15) is 17.7 Å². The average Bonchev–Trinajstić information content (AvgIpc) is 2.72. The van der Waals surface area contributed by atoms with Crippen molar-refractivity contribution in [3.05, 3.63) is 52.1 Å². The molecule has 162 valence electrons. The number of ether oxygens (including phenoxy) is 1. The molecular formula is C20H22F4N4O2. The van der Waals surface area contributed by atoms with Crippen molar-refractivity contribution in [3.8, 4) is 0 Å². The molecule has 1 saturated heterocycles. The van der Waals surface area contributed by atoms with Crippen molar-refractivity contribution in [2.75, 3.05) is 36.1 Å². The van der Waals surface area contributed by atoms with Crippen molar-refractivity contribution in [3.63, 3.8) is 0 Å². The topological polar surface area (TPSA) is 50.6 Å². The summed E-state index contributed by atoms with van der Waals surface area (Å²) in [7, 11) is 0. The van der Waals surface area contributed by atoms with E-state index < -0.39 is 29.6 Å². The maximum atomic E-state index is 13.9. The van der Waals surface area contributed by atoms with Gasteiger partial charge in [0.05, 0.1) is 19.3 Å². The molecule has 0 amide bonds. The van der Waals surface area contributed by atoms with Gasteiger partial charge in [0.25, 0.3) is 5.56 Å². The molecule has 1 aromatic carbocycles. The van der Waals surface area contributed by atoms with Gasteiger partial charge in [-0.3, -0.25) is 9.36 Å². The molecule has 0 spiro atoms. The van der Waals surface area contributed by atoms with E-state index in [-0.39, 0.29) is 18.9 Å². The fourth-order valence-corrected chi connectivity index (χ4v) is 4.07. The normalized spacial score (nSPS) is 20.8. The maximum absolute atomic E-state index is 13.9. The molecule has 3 heterocycles. The van der Waals surface area contributed by atoms with Crippen molar-refractivity contribution in [1.29, 1.82) is 0 Å². The van der Waals surface area contributed by atoms with Crippen LogP contribution in [0.3, 0.4) is 0 Å². The molecule has 0 bridgehead atoms. The van der Waals surface area contributed by atoms with Gasteiger partial charge in [-0.25, -0.2) is 4.39 Å². The maximum Gasteiger partial charge on any atom is 0.408 e. The van der Waals surface area contributed by atoms with Crippen LogP contribution >= 0.6 is 0 Å². The number of hydrogen-bond acceptors (Lipinski definition) is 5. The van der Waals surface area contributed by atoms with Crippen LogP contribution in [0.5, 0.6) is 0 Å². The second-order valence-corrected chi connectivity index (χ2v) is 7.49. The number of benzene rings is 1. The number of nitrogens with zero attached hydrogens (tertiary/aromatic N) is 4. The van der Waals surface area contributed by atoms with E-state index in [4.69, 9.17) is 4.74 Å². The number of halogens is 4. The standard InChI is InChI=1S/C20H22F4N4O2/c1-13(14-3-2-4-15(21)11-14)28-16(20(22,23)24)5-6-27-18(29)12-17(25-19(27)28)26-7-9-30-10-8-26/h2-4,11-13,16H,5-10H2,1H3. The zero-order chi connectivity index (χ0) is 21.5. The number of rotatable bonds is 3. The third kappa shape index (κ3) is 3.88. The molecular weight excluding hydrogens is 404 g/mol. The number of hydrogen-bond donors (Lipinski definition) is 0. The van der Waals surface area contributed by atoms with Gasteiger partial charge < -0.3 is 14.5 Å². The van der Waals surface area contributed by atoms with E-state index in [1.54, 1.807) is 13.0 Å². The number of fused-ring (bicyclic) bond motifs is 1. The first kappa shape index (κ1) is 20.6. The Morgan fingerprint density at radius 2 is 1.90 bits per heavy atom. The highest BCUT2D eigenvalue weighted by atomic mass is 19.4. The lowest BCUT2D eigenvalue weighted by Gasteiger charge is -2.43. The molecule has 1 fully saturated rings. The van der Waals surface area contributed by atoms with Gasteiger partial charge in [0.15, 0.2) is 0 Å². The zero-order valence-electron chi connectivity index (χ0n) is 16.4. The highest BCUT2D eigenvalue weighted by Crippen LogP contribution is 2.39. The van der Waals surface area contributed by atoms with Crippen LogP contribution in [-0.2, 0) is 11.3 Å². The molecule has 2 aliphatic heterocycles. The molecule has 0 aliphatic carbocycles. The molecule has 1 aromatic heterocycles. The SMILES string of the molecule is CC(c1cccc(F)c1)N1c2nc(N3CCOCC3)cc(=O)n2CCC1C(F)(F)F. The minimum atomic E-state index is -4.53. The van der Waals surface area contributed by atoms with Crippen LogP contribution in [0, 0.1) is 5.82 Å². The Morgan fingerprint density at radius 1 is 1.17 bits per heavy atom. The van der Waals surface area contributed by atoms with Crippen LogP contribution in [0.15, 0.2) is 35.1 Å². The lowest BCUT2D eigenvalue weighted by Crippen LogP contribution is -2.53. The molecule has 0 N–H and O–H groups in total. The van der Waals surface area contributed by atoms with E-state index in [1.165, 1.54) is 28.8 Å². The first-order chi connectivity index (χ1) is 14.3. The number of aromatic nitrogens is 2. The zero-order valence-corrected chi connectivity index (χ0v) is 16.4. The lowest BCUT2D eigenvalue weighted by molar-refractivity contribution is -0.154. The molecule has 10 heteroatoms. The Balaban J connectivity index is 1.83. The van der Waals surface area contributed by atoms with Crippen LogP contribution < -0.4 is 15.4 Å². The summed E-state index contributed by atoms with van der Waals surface area (Å²) in [5, 5.41) is 0. The van der Waals surface area contributed by atoms with Gasteiger partial charge in [-0.15, -0.1) is 0 Å². The minimum absolute atomic E-state index is 0.0469. The van der Waals surface area contributed by atoms with Crippen molar-refractivity contribution in [2.45, 2.75) is 38.1 Å². The third-order valence-electron chi connectivity index (χ3n) is 5.63. The van der Waals surface area contributed by atoms with Gasteiger partial charge in [0, 0.05) is 25.7 Å². The molecule has 4 rings (SSSR count). The van der Waals surface area contributed by atoms with E-state index in [1.807, 2.05) is 4.90 Å². The third-order valence-corrected chi connectivity index (χ3v) is 5.63. The van der Waals surface area contributed by atoms with Gasteiger partial charge in [-0.2, -0.15) is 18.2 Å². The highest BCUT2D eigenvalue weighted by molar-refractivity contribution is 5.48. The van der Waals surface area contributed by atoms with E-state index in [2.05, 4.69) is 4.98 Å². The highest BCUT2D eigenvalue weighted by Gasteiger charge is 2.48. The summed E-state index contributed by atoms with van der Waals surface area (Å²) in [5.41, 5.74) is -0.0257. The predicted molar refractivity (Wildman–Crippen MR) is 103 cm³/mol. The molecule has 0 saturated carbocycles. The van der Waals surface area contributed by atoms with Gasteiger partial charge in [-0.05, 0) is 31.0 Å². The molecule has 2 aliphatic rings. The van der Waals surface area contributed by atoms with E-state index in [0.717, 1.165) is 4.90 Å². The van der Waals surface area contributed by atoms with Crippen molar-refractivity contribution >= 4 is 11.8 Å². The average molecular weight is 426 g/mol. The Morgan fingerprint density at radius 3 is 2.57 bits per heavy atom. The van der Waals surface area contributed by atoms with Gasteiger partial charge in [0.2, 0.25) is 5.95 Å². The second kappa shape index (κ2) is 7.90. The smallest absolute Gasteiger partial charge is 0.378 e. The first-order valence-electron chi connectivity index (χ1n) is 9.81. The van der Waals surface area contributed by atoms with E-state index in [9.17, 15) is 22.4 Å². The fourth-order valence-electron chi connectivity index (χ4n) is 4.07. The summed E-state index contributed by atoms with van der Waals surface area (Å²) in [6.07, 6.45) is -4.81. The van der Waals surface area contributed by atoms with Gasteiger partial charge in [-0.1, -0.05) is 12.1 Å². The first-order valence-corrected chi connectivity index (χ1v) is 9.81. The molecule has 30 heavy (non-hydrogen) atoms. The molecule has 2 atom stereocenters. The van der Waals surface area contributed by atoms with Crippen LogP contribution in [-0.4, -0.2) is 48.1 Å².